The van der Waals surface area contributed by atoms with Crippen molar-refractivity contribution in [1.29, 1.82) is 0 Å². The van der Waals surface area contributed by atoms with Gasteiger partial charge < -0.3 is 10.6 Å². The van der Waals surface area contributed by atoms with E-state index in [1.165, 1.54) is 34.8 Å². The fraction of sp³-hybridized carbons (Fsp3) is 0.750. The number of nitrogens with one attached hydrogen (secondary N) is 2. The van der Waals surface area contributed by atoms with Crippen LogP contribution in [-0.2, 0) is 29.1 Å². The van der Waals surface area contributed by atoms with Gasteiger partial charge in [-0.1, -0.05) is 0 Å². The maximum Gasteiger partial charge on any atom is 0.191 e. The lowest BCUT2D eigenvalue weighted by molar-refractivity contribution is 0.599. The zero-order valence-electron chi connectivity index (χ0n) is 14.2. The van der Waals surface area contributed by atoms with Gasteiger partial charge in [-0.3, -0.25) is 4.99 Å². The number of aliphatic imine (C=N–C) groups is 1. The van der Waals surface area contributed by atoms with Crippen LogP contribution in [0.25, 0.3) is 0 Å². The van der Waals surface area contributed by atoms with Crippen molar-refractivity contribution in [2.45, 2.75) is 51.0 Å². The summed E-state index contributed by atoms with van der Waals surface area (Å²) in [4.78, 5) is 10.4. The summed E-state index contributed by atoms with van der Waals surface area (Å²) in [5, 5.41) is 7.73. The van der Waals surface area contributed by atoms with E-state index in [1.807, 2.05) is 11.3 Å². The summed E-state index contributed by atoms with van der Waals surface area (Å²) in [6.45, 7) is 0.809. The van der Waals surface area contributed by atoms with Gasteiger partial charge in [0.15, 0.2) is 15.8 Å². The van der Waals surface area contributed by atoms with E-state index in [-0.39, 0.29) is 17.5 Å². The van der Waals surface area contributed by atoms with Gasteiger partial charge in [-0.25, -0.2) is 13.4 Å². The highest BCUT2D eigenvalue weighted by atomic mass is 32.2. The lowest BCUT2D eigenvalue weighted by atomic mass is 10.0. The molecular formula is C16H26N4O2S2. The number of sulfone groups is 1. The van der Waals surface area contributed by atoms with E-state index >= 15 is 0 Å². The van der Waals surface area contributed by atoms with E-state index in [0.29, 0.717) is 12.4 Å². The average molecular weight is 371 g/mol. The Labute approximate surface area is 148 Å². The van der Waals surface area contributed by atoms with Gasteiger partial charge in [0.25, 0.3) is 0 Å². The van der Waals surface area contributed by atoms with Crippen molar-refractivity contribution >= 4 is 27.1 Å². The Kier molecular flexibility index (Phi) is 5.76. The molecule has 0 radical (unpaired) electrons. The van der Waals surface area contributed by atoms with Crippen molar-refractivity contribution in [3.63, 3.8) is 0 Å². The van der Waals surface area contributed by atoms with Crippen molar-refractivity contribution in [3.05, 3.63) is 15.6 Å². The van der Waals surface area contributed by atoms with Crippen molar-refractivity contribution in [1.82, 2.24) is 15.6 Å². The molecule has 1 fully saturated rings. The van der Waals surface area contributed by atoms with Crippen LogP contribution in [0.15, 0.2) is 4.99 Å². The predicted molar refractivity (Wildman–Crippen MR) is 98.6 cm³/mol. The number of guanidine groups is 1. The summed E-state index contributed by atoms with van der Waals surface area (Å²) in [7, 11) is -1.15. The molecule has 0 aromatic carbocycles. The molecule has 0 saturated carbocycles. The van der Waals surface area contributed by atoms with E-state index in [0.717, 1.165) is 25.8 Å². The summed E-state index contributed by atoms with van der Waals surface area (Å²) in [6.07, 6.45) is 7.56. The Balaban J connectivity index is 1.39. The zero-order chi connectivity index (χ0) is 17.0. The van der Waals surface area contributed by atoms with Gasteiger partial charge in [0.05, 0.1) is 22.2 Å². The quantitative estimate of drug-likeness (QED) is 0.464. The van der Waals surface area contributed by atoms with Crippen molar-refractivity contribution < 1.29 is 8.42 Å². The predicted octanol–water partition coefficient (Wildman–Crippen LogP) is 1.31. The Morgan fingerprint density at radius 1 is 1.38 bits per heavy atom. The third-order valence-electron chi connectivity index (χ3n) is 4.55. The van der Waals surface area contributed by atoms with E-state index in [1.54, 1.807) is 7.05 Å². The standard InChI is InChI=1S/C16H26N4O2S2/c1-17-16(19-12-8-10-24(21,22)11-12)18-9-4-7-15-20-13-5-2-3-6-14(13)23-15/h12H,2-11H2,1H3,(H2,17,18,19). The molecule has 24 heavy (non-hydrogen) atoms. The summed E-state index contributed by atoms with van der Waals surface area (Å²) in [5.74, 6) is 1.17. The molecule has 1 aromatic rings. The zero-order valence-corrected chi connectivity index (χ0v) is 15.8. The van der Waals surface area contributed by atoms with Crippen LogP contribution in [0, 0.1) is 0 Å². The number of fused-ring (bicyclic) bond motifs is 1. The van der Waals surface area contributed by atoms with Crippen LogP contribution in [0.2, 0.25) is 0 Å². The molecule has 1 aliphatic heterocycles. The number of hydrogen-bond donors (Lipinski definition) is 2. The smallest absolute Gasteiger partial charge is 0.191 e. The first-order valence-corrected chi connectivity index (χ1v) is 11.3. The Morgan fingerprint density at radius 2 is 2.21 bits per heavy atom. The number of nitrogens with zero attached hydrogens (tertiary/aromatic N) is 2. The lowest BCUT2D eigenvalue weighted by Gasteiger charge is -2.15. The summed E-state index contributed by atoms with van der Waals surface area (Å²) in [5.41, 5.74) is 1.33. The van der Waals surface area contributed by atoms with Crippen molar-refractivity contribution in [3.8, 4) is 0 Å². The average Bonchev–Trinajstić information content (AvgIpc) is 3.12. The molecule has 6 nitrogen and oxygen atoms in total. The van der Waals surface area contributed by atoms with Gasteiger partial charge in [0, 0.05) is 30.9 Å². The van der Waals surface area contributed by atoms with Crippen LogP contribution in [0.5, 0.6) is 0 Å². The van der Waals surface area contributed by atoms with Gasteiger partial charge in [-0.2, -0.15) is 0 Å². The lowest BCUT2D eigenvalue weighted by Crippen LogP contribution is -2.44. The normalized spacial score (nSPS) is 23.0. The van der Waals surface area contributed by atoms with Gasteiger partial charge in [0.1, 0.15) is 0 Å². The minimum absolute atomic E-state index is 0.0214. The van der Waals surface area contributed by atoms with E-state index in [2.05, 4.69) is 15.6 Å². The molecule has 2 aliphatic rings. The topological polar surface area (TPSA) is 83.4 Å². The molecule has 1 unspecified atom stereocenters. The molecule has 1 aliphatic carbocycles. The molecule has 2 N–H and O–H groups in total. The highest BCUT2D eigenvalue weighted by Gasteiger charge is 2.28. The molecular weight excluding hydrogens is 344 g/mol. The fourth-order valence-electron chi connectivity index (χ4n) is 3.26. The second-order valence-corrected chi connectivity index (χ2v) is 9.93. The number of hydrogen-bond acceptors (Lipinski definition) is 5. The van der Waals surface area contributed by atoms with Crippen LogP contribution >= 0.6 is 11.3 Å². The monoisotopic (exact) mass is 370 g/mol. The molecule has 2 heterocycles. The van der Waals surface area contributed by atoms with Gasteiger partial charge in [-0.05, 0) is 38.5 Å². The minimum atomic E-state index is -2.86. The molecule has 134 valence electrons. The van der Waals surface area contributed by atoms with Crippen LogP contribution < -0.4 is 10.6 Å². The molecule has 1 saturated heterocycles. The molecule has 8 heteroatoms. The first kappa shape index (κ1) is 17.7. The Hall–Kier alpha value is -1.15. The minimum Gasteiger partial charge on any atom is -0.356 e. The third-order valence-corrected chi connectivity index (χ3v) is 7.53. The van der Waals surface area contributed by atoms with Crippen LogP contribution in [-0.4, -0.2) is 50.5 Å². The maximum absolute atomic E-state index is 11.5. The Morgan fingerprint density at radius 3 is 2.92 bits per heavy atom. The van der Waals surface area contributed by atoms with Crippen molar-refractivity contribution in [2.75, 3.05) is 25.1 Å². The molecule has 1 atom stereocenters. The highest BCUT2D eigenvalue weighted by molar-refractivity contribution is 7.91. The molecule has 0 amide bonds. The first-order valence-electron chi connectivity index (χ1n) is 8.71. The second kappa shape index (κ2) is 7.82. The molecule has 0 bridgehead atoms. The van der Waals surface area contributed by atoms with Crippen LogP contribution in [0.1, 0.15) is 41.3 Å². The third kappa shape index (κ3) is 4.69. The van der Waals surface area contributed by atoms with E-state index < -0.39 is 9.84 Å². The molecule has 1 aromatic heterocycles. The van der Waals surface area contributed by atoms with Crippen LogP contribution in [0.3, 0.4) is 0 Å². The highest BCUT2D eigenvalue weighted by Crippen LogP contribution is 2.27. The second-order valence-electron chi connectivity index (χ2n) is 6.53. The van der Waals surface area contributed by atoms with E-state index in [4.69, 9.17) is 4.98 Å². The summed E-state index contributed by atoms with van der Waals surface area (Å²) < 4.78 is 23.0. The van der Waals surface area contributed by atoms with Gasteiger partial charge in [0.2, 0.25) is 0 Å². The summed E-state index contributed by atoms with van der Waals surface area (Å²) in [6, 6.07) is -0.0214. The largest absolute Gasteiger partial charge is 0.356 e. The van der Waals surface area contributed by atoms with Crippen molar-refractivity contribution in [2.24, 2.45) is 4.99 Å². The Bertz CT molecular complexity index is 673. The number of aryl methyl sites for hydroxylation is 3. The van der Waals surface area contributed by atoms with Gasteiger partial charge in [-0.15, -0.1) is 11.3 Å². The first-order chi connectivity index (χ1) is 11.6. The number of thiazole rings is 1. The number of aromatic nitrogens is 1. The fourth-order valence-corrected chi connectivity index (χ4v) is 6.13. The molecule has 0 spiro atoms. The molecule has 3 rings (SSSR count). The van der Waals surface area contributed by atoms with E-state index in [9.17, 15) is 8.42 Å². The maximum atomic E-state index is 11.5. The number of rotatable bonds is 5. The van der Waals surface area contributed by atoms with Crippen LogP contribution in [0.4, 0.5) is 0 Å². The van der Waals surface area contributed by atoms with Gasteiger partial charge >= 0.3 is 0 Å². The SMILES string of the molecule is CN=C(NCCCc1nc2c(s1)CCCC2)NC1CCS(=O)(=O)C1. The summed E-state index contributed by atoms with van der Waals surface area (Å²) >= 11 is 1.87.